The van der Waals surface area contributed by atoms with Crippen LogP contribution in [0.25, 0.3) is 0 Å². The van der Waals surface area contributed by atoms with Crippen LogP contribution in [0, 0.1) is 0 Å². The van der Waals surface area contributed by atoms with Gasteiger partial charge in [0.05, 0.1) is 0 Å². The Hall–Kier alpha value is -0.660. The van der Waals surface area contributed by atoms with Crippen LogP contribution in [0.5, 0.6) is 0 Å². The van der Waals surface area contributed by atoms with Crippen LogP contribution in [0.15, 0.2) is 11.9 Å². The zero-order valence-electron chi connectivity index (χ0n) is 6.21. The fourth-order valence-corrected chi connectivity index (χ4v) is 1.61. The van der Waals surface area contributed by atoms with Gasteiger partial charge in [-0.05, 0) is 25.3 Å². The predicted octanol–water partition coefficient (Wildman–Crippen LogP) is 0.932. The highest BCUT2D eigenvalue weighted by Crippen LogP contribution is 2.16. The average Bonchev–Trinajstić information content (AvgIpc) is 2.59. The van der Waals surface area contributed by atoms with Crippen molar-refractivity contribution in [1.29, 1.82) is 0 Å². The number of likely N-dealkylation sites (tertiary alicyclic amines) is 1. The van der Waals surface area contributed by atoms with Crippen molar-refractivity contribution in [3.63, 3.8) is 0 Å². The lowest BCUT2D eigenvalue weighted by molar-refractivity contribution is 0.399. The van der Waals surface area contributed by atoms with Gasteiger partial charge < -0.3 is 4.90 Å². The van der Waals surface area contributed by atoms with Crippen LogP contribution in [0.2, 0.25) is 0 Å². The van der Waals surface area contributed by atoms with Crippen molar-refractivity contribution in [2.75, 3.05) is 19.6 Å². The maximum Gasteiger partial charge on any atom is 0.119 e. The number of hydrogen-bond acceptors (Lipinski definition) is 1. The van der Waals surface area contributed by atoms with Crippen molar-refractivity contribution in [3.8, 4) is 0 Å². The number of rotatable bonds is 1. The fraction of sp³-hybridized carbons (Fsp3) is 0.750. The van der Waals surface area contributed by atoms with Crippen LogP contribution < -0.4 is 5.32 Å². The Morgan fingerprint density at radius 3 is 2.70 bits per heavy atom. The van der Waals surface area contributed by atoms with E-state index in [4.69, 9.17) is 0 Å². The minimum atomic E-state index is 1.02. The molecule has 0 unspecified atom stereocenters. The van der Waals surface area contributed by atoms with Gasteiger partial charge in [0.25, 0.3) is 0 Å². The van der Waals surface area contributed by atoms with Crippen molar-refractivity contribution in [3.05, 3.63) is 11.9 Å². The van der Waals surface area contributed by atoms with E-state index in [2.05, 4.69) is 16.3 Å². The Balaban J connectivity index is 1.97. The third kappa shape index (κ3) is 0.981. The van der Waals surface area contributed by atoms with Crippen LogP contribution >= 0.6 is 0 Å². The molecule has 0 spiro atoms. The monoisotopic (exact) mass is 137 g/mol. The quantitative estimate of drug-likeness (QED) is 0.525. The number of nitrogens with zero attached hydrogens (tertiary/aromatic N) is 2. The first-order chi connectivity index (χ1) is 4.97. The molecule has 1 fully saturated rings. The molecule has 2 rings (SSSR count). The summed E-state index contributed by atoms with van der Waals surface area (Å²) in [4.78, 5) is 2.40. The van der Waals surface area contributed by atoms with Crippen molar-refractivity contribution in [1.82, 2.24) is 10.2 Å². The molecule has 2 aliphatic rings. The topological polar surface area (TPSA) is 17.3 Å². The molecule has 2 aliphatic heterocycles. The smallest absolute Gasteiger partial charge is 0.119 e. The molecule has 0 bridgehead atoms. The Morgan fingerprint density at radius 1 is 1.30 bits per heavy atom. The molecule has 2 heteroatoms. The summed E-state index contributed by atoms with van der Waals surface area (Å²) < 4.78 is 0. The van der Waals surface area contributed by atoms with Crippen LogP contribution in [0.4, 0.5) is 0 Å². The Labute approximate surface area is 61.9 Å². The summed E-state index contributed by atoms with van der Waals surface area (Å²) in [5, 5.41) is 4.40. The first-order valence-electron chi connectivity index (χ1n) is 4.09. The van der Waals surface area contributed by atoms with Gasteiger partial charge >= 0.3 is 0 Å². The molecule has 0 aromatic carbocycles. The van der Waals surface area contributed by atoms with E-state index in [0.717, 1.165) is 13.0 Å². The zero-order valence-corrected chi connectivity index (χ0v) is 6.21. The van der Waals surface area contributed by atoms with Gasteiger partial charge in [-0.25, -0.2) is 0 Å². The lowest BCUT2D eigenvalue weighted by atomic mass is 10.4. The molecular weight excluding hydrogens is 124 g/mol. The summed E-state index contributed by atoms with van der Waals surface area (Å²) in [6.07, 6.45) is 6.12. The first-order valence-corrected chi connectivity index (χ1v) is 4.09. The van der Waals surface area contributed by atoms with Gasteiger partial charge in [0.1, 0.15) is 5.82 Å². The van der Waals surface area contributed by atoms with E-state index in [1.807, 2.05) is 0 Å². The summed E-state index contributed by atoms with van der Waals surface area (Å²) in [5.41, 5.74) is 0. The molecule has 0 aliphatic carbocycles. The van der Waals surface area contributed by atoms with E-state index in [-0.39, 0.29) is 0 Å². The molecule has 0 amide bonds. The highest BCUT2D eigenvalue weighted by molar-refractivity contribution is 5.05. The van der Waals surface area contributed by atoms with Crippen molar-refractivity contribution < 1.29 is 0 Å². The highest BCUT2D eigenvalue weighted by Gasteiger charge is 2.17. The van der Waals surface area contributed by atoms with Crippen LogP contribution in [-0.4, -0.2) is 24.5 Å². The minimum absolute atomic E-state index is 1.02. The van der Waals surface area contributed by atoms with Gasteiger partial charge in [-0.1, -0.05) is 0 Å². The fourth-order valence-electron chi connectivity index (χ4n) is 1.61. The molecule has 0 atom stereocenters. The SMILES string of the molecule is C1=C(N2CCCC2)[N]CC1. The summed E-state index contributed by atoms with van der Waals surface area (Å²) >= 11 is 0. The summed E-state index contributed by atoms with van der Waals surface area (Å²) in [6, 6.07) is 0. The molecule has 1 radical (unpaired) electrons. The standard InChI is InChI=1S/C8H13N2/c1-2-7-10(6-1)8-4-3-5-9-8/h4H,1-3,5-7H2. The second kappa shape index (κ2) is 2.52. The van der Waals surface area contributed by atoms with Gasteiger partial charge in [0.15, 0.2) is 0 Å². The maximum absolute atomic E-state index is 4.40. The largest absolute Gasteiger partial charge is 0.357 e. The maximum atomic E-state index is 4.40. The second-order valence-corrected chi connectivity index (χ2v) is 2.93. The second-order valence-electron chi connectivity index (χ2n) is 2.93. The van der Waals surface area contributed by atoms with E-state index in [0.29, 0.717) is 0 Å². The molecule has 10 heavy (non-hydrogen) atoms. The van der Waals surface area contributed by atoms with E-state index in [1.165, 1.54) is 31.8 Å². The minimum Gasteiger partial charge on any atom is -0.357 e. The van der Waals surface area contributed by atoms with E-state index < -0.39 is 0 Å². The van der Waals surface area contributed by atoms with E-state index >= 15 is 0 Å². The first kappa shape index (κ1) is 6.08. The van der Waals surface area contributed by atoms with Crippen LogP contribution in [0.1, 0.15) is 19.3 Å². The third-order valence-corrected chi connectivity index (χ3v) is 2.16. The highest BCUT2D eigenvalue weighted by atomic mass is 15.3. The molecule has 2 heterocycles. The Bertz CT molecular complexity index is 145. The zero-order chi connectivity index (χ0) is 6.81. The average molecular weight is 137 g/mol. The summed E-state index contributed by atoms with van der Waals surface area (Å²) in [5.74, 6) is 1.26. The number of hydrogen-bond donors (Lipinski definition) is 0. The van der Waals surface area contributed by atoms with Gasteiger partial charge in [-0.15, -0.1) is 0 Å². The molecular formula is C8H13N2. The Kier molecular flexibility index (Phi) is 1.53. The van der Waals surface area contributed by atoms with Crippen molar-refractivity contribution >= 4 is 0 Å². The van der Waals surface area contributed by atoms with Crippen LogP contribution in [0.3, 0.4) is 0 Å². The molecule has 2 nitrogen and oxygen atoms in total. The molecule has 0 aromatic rings. The molecule has 0 saturated carbocycles. The van der Waals surface area contributed by atoms with Crippen molar-refractivity contribution in [2.24, 2.45) is 0 Å². The molecule has 0 N–H and O–H groups in total. The lowest BCUT2D eigenvalue weighted by Crippen LogP contribution is -2.22. The third-order valence-electron chi connectivity index (χ3n) is 2.16. The molecule has 0 aromatic heterocycles. The molecule has 1 saturated heterocycles. The van der Waals surface area contributed by atoms with Gasteiger partial charge in [0.2, 0.25) is 0 Å². The lowest BCUT2D eigenvalue weighted by Gasteiger charge is -2.16. The normalized spacial score (nSPS) is 24.8. The summed E-state index contributed by atoms with van der Waals surface area (Å²) in [7, 11) is 0. The van der Waals surface area contributed by atoms with E-state index in [1.54, 1.807) is 0 Å². The van der Waals surface area contributed by atoms with E-state index in [9.17, 15) is 0 Å². The van der Waals surface area contributed by atoms with Crippen molar-refractivity contribution in [2.45, 2.75) is 19.3 Å². The van der Waals surface area contributed by atoms with Gasteiger partial charge in [-0.2, -0.15) is 0 Å². The Morgan fingerprint density at radius 2 is 2.10 bits per heavy atom. The predicted molar refractivity (Wildman–Crippen MR) is 40.5 cm³/mol. The van der Waals surface area contributed by atoms with Gasteiger partial charge in [0, 0.05) is 19.6 Å². The molecule has 55 valence electrons. The van der Waals surface area contributed by atoms with Crippen LogP contribution in [-0.2, 0) is 0 Å². The summed E-state index contributed by atoms with van der Waals surface area (Å²) in [6.45, 7) is 3.48. The van der Waals surface area contributed by atoms with Gasteiger partial charge in [-0.3, -0.25) is 5.32 Å².